The van der Waals surface area contributed by atoms with Crippen molar-refractivity contribution in [3.63, 3.8) is 0 Å². The normalized spacial score (nSPS) is 15.8. The van der Waals surface area contributed by atoms with Gasteiger partial charge in [-0.3, -0.25) is 0 Å². The van der Waals surface area contributed by atoms with Gasteiger partial charge in [-0.2, -0.15) is 0 Å². The summed E-state index contributed by atoms with van der Waals surface area (Å²) >= 11 is 0. The Balaban J connectivity index is 2.32. The van der Waals surface area contributed by atoms with E-state index in [1.807, 2.05) is 0 Å². The summed E-state index contributed by atoms with van der Waals surface area (Å²) in [5.41, 5.74) is 3.81. The first-order valence-corrected chi connectivity index (χ1v) is 7.79. The highest BCUT2D eigenvalue weighted by Gasteiger charge is 2.33. The number of rotatable bonds is 9. The summed E-state index contributed by atoms with van der Waals surface area (Å²) in [5.74, 6) is 8.10. The van der Waals surface area contributed by atoms with E-state index in [1.54, 1.807) is 13.4 Å². The van der Waals surface area contributed by atoms with Gasteiger partial charge in [-0.15, -0.1) is 0 Å². The molecule has 1 atom stereocenters. The maximum atomic E-state index is 5.61. The highest BCUT2D eigenvalue weighted by Crippen LogP contribution is 2.37. The van der Waals surface area contributed by atoms with Crippen LogP contribution in [0.2, 0.25) is 0 Å². The van der Waals surface area contributed by atoms with Gasteiger partial charge in [0.05, 0.1) is 6.61 Å². The number of ether oxygens (including phenoxy) is 1. The fourth-order valence-corrected chi connectivity index (χ4v) is 2.78. The third kappa shape index (κ3) is 3.83. The van der Waals surface area contributed by atoms with Gasteiger partial charge < -0.3 is 15.1 Å². The molecule has 21 heavy (non-hydrogen) atoms. The zero-order chi connectivity index (χ0) is 15.2. The molecule has 0 bridgehead atoms. The lowest BCUT2D eigenvalue weighted by Crippen LogP contribution is -2.39. The van der Waals surface area contributed by atoms with Crippen molar-refractivity contribution in [1.29, 1.82) is 0 Å². The third-order valence-corrected chi connectivity index (χ3v) is 4.16. The van der Waals surface area contributed by atoms with Crippen molar-refractivity contribution >= 4 is 11.6 Å². The molecule has 0 aliphatic heterocycles. The number of methoxy groups -OCH3 is 1. The van der Waals surface area contributed by atoms with Crippen LogP contribution in [0, 0.1) is 5.92 Å². The van der Waals surface area contributed by atoms with Crippen LogP contribution in [0.3, 0.4) is 0 Å². The van der Waals surface area contributed by atoms with E-state index in [-0.39, 0.29) is 0 Å². The molecular weight excluding hydrogens is 266 g/mol. The smallest absolute Gasteiger partial charge is 0.148 e. The number of hydrazine groups is 1. The molecule has 1 aliphatic carbocycles. The van der Waals surface area contributed by atoms with Gasteiger partial charge in [0.1, 0.15) is 18.0 Å². The number of hydrogen-bond donors (Lipinski definition) is 2. The summed E-state index contributed by atoms with van der Waals surface area (Å²) in [5, 5.41) is 0. The topological polar surface area (TPSA) is 76.3 Å². The van der Waals surface area contributed by atoms with Crippen LogP contribution in [0.15, 0.2) is 6.33 Å². The number of nitrogens with two attached hydrogens (primary N) is 1. The van der Waals surface area contributed by atoms with Gasteiger partial charge in [-0.05, 0) is 32.1 Å². The van der Waals surface area contributed by atoms with E-state index in [0.717, 1.165) is 42.5 Å². The molecule has 1 aliphatic rings. The Morgan fingerprint density at radius 2 is 2.24 bits per heavy atom. The molecule has 1 aromatic heterocycles. The van der Waals surface area contributed by atoms with E-state index in [2.05, 4.69) is 34.1 Å². The molecule has 0 spiro atoms. The molecule has 6 heteroatoms. The predicted octanol–water partition coefficient (Wildman–Crippen LogP) is 1.97. The van der Waals surface area contributed by atoms with Gasteiger partial charge in [0.25, 0.3) is 0 Å². The van der Waals surface area contributed by atoms with Crippen LogP contribution in [0.4, 0.5) is 11.6 Å². The second-order valence-corrected chi connectivity index (χ2v) is 5.68. The van der Waals surface area contributed by atoms with E-state index in [4.69, 9.17) is 10.6 Å². The van der Waals surface area contributed by atoms with Crippen molar-refractivity contribution < 1.29 is 4.74 Å². The maximum absolute atomic E-state index is 5.61. The fourth-order valence-electron chi connectivity index (χ4n) is 2.78. The number of nitrogen functional groups attached to an aromatic ring is 1. The Kier molecular flexibility index (Phi) is 5.76. The number of hydrogen-bond acceptors (Lipinski definition) is 6. The monoisotopic (exact) mass is 293 g/mol. The van der Waals surface area contributed by atoms with Crippen molar-refractivity contribution in [3.8, 4) is 0 Å². The van der Waals surface area contributed by atoms with Gasteiger partial charge >= 0.3 is 0 Å². The number of nitrogens with one attached hydrogen (secondary N) is 1. The highest BCUT2D eigenvalue weighted by atomic mass is 16.5. The van der Waals surface area contributed by atoms with E-state index in [9.17, 15) is 0 Å². The Morgan fingerprint density at radius 3 is 2.81 bits per heavy atom. The summed E-state index contributed by atoms with van der Waals surface area (Å²) in [6, 6.07) is 0.469. The molecule has 1 saturated carbocycles. The minimum Gasteiger partial charge on any atom is -0.383 e. The maximum Gasteiger partial charge on any atom is 0.148 e. The first kappa shape index (κ1) is 16.0. The minimum atomic E-state index is 0.469. The number of aromatic nitrogens is 2. The van der Waals surface area contributed by atoms with Crippen LogP contribution >= 0.6 is 0 Å². The van der Waals surface area contributed by atoms with E-state index < -0.39 is 0 Å². The zero-order valence-electron chi connectivity index (χ0n) is 13.3. The molecule has 6 nitrogen and oxygen atoms in total. The Bertz CT molecular complexity index is 450. The third-order valence-electron chi connectivity index (χ3n) is 4.16. The summed E-state index contributed by atoms with van der Waals surface area (Å²) in [6.45, 7) is 5.96. The largest absolute Gasteiger partial charge is 0.383 e. The first-order valence-electron chi connectivity index (χ1n) is 7.79. The van der Waals surface area contributed by atoms with E-state index in [0.29, 0.717) is 12.6 Å². The lowest BCUT2D eigenvalue weighted by Gasteiger charge is -2.32. The molecule has 1 heterocycles. The molecule has 1 fully saturated rings. The molecule has 0 saturated heterocycles. The Hall–Kier alpha value is -1.40. The number of anilines is 2. The summed E-state index contributed by atoms with van der Waals surface area (Å²) in [7, 11) is 1.74. The van der Waals surface area contributed by atoms with Crippen molar-refractivity contribution in [2.75, 3.05) is 30.6 Å². The molecule has 1 unspecified atom stereocenters. The van der Waals surface area contributed by atoms with Crippen molar-refractivity contribution in [2.45, 2.75) is 45.6 Å². The molecule has 3 N–H and O–H groups in total. The average Bonchev–Trinajstić information content (AvgIpc) is 3.33. The molecular formula is C15H27N5O. The molecule has 2 rings (SSSR count). The molecule has 1 aromatic rings. The number of nitrogens with zero attached hydrogens (tertiary/aromatic N) is 3. The molecule has 0 amide bonds. The van der Waals surface area contributed by atoms with Crippen LogP contribution in [-0.4, -0.2) is 36.3 Å². The van der Waals surface area contributed by atoms with Crippen molar-refractivity contribution in [1.82, 2.24) is 9.97 Å². The van der Waals surface area contributed by atoms with Gasteiger partial charge in [-0.1, -0.05) is 13.3 Å². The Morgan fingerprint density at radius 1 is 1.48 bits per heavy atom. The SMILES string of the molecule is CCCc1c(NN)ncnc1N(CCOC)C(C)C1CC1. The summed E-state index contributed by atoms with van der Waals surface area (Å²) < 4.78 is 5.28. The Labute approximate surface area is 127 Å². The summed E-state index contributed by atoms with van der Waals surface area (Å²) in [6.07, 6.45) is 6.15. The van der Waals surface area contributed by atoms with Gasteiger partial charge in [-0.25, -0.2) is 15.8 Å². The van der Waals surface area contributed by atoms with Crippen LogP contribution in [0.5, 0.6) is 0 Å². The lowest BCUT2D eigenvalue weighted by molar-refractivity contribution is 0.202. The van der Waals surface area contributed by atoms with Gasteiger partial charge in [0, 0.05) is 25.3 Å². The van der Waals surface area contributed by atoms with Gasteiger partial charge in [0.2, 0.25) is 0 Å². The zero-order valence-corrected chi connectivity index (χ0v) is 13.3. The molecule has 0 radical (unpaired) electrons. The van der Waals surface area contributed by atoms with Crippen LogP contribution < -0.4 is 16.2 Å². The van der Waals surface area contributed by atoms with E-state index >= 15 is 0 Å². The molecule has 0 aromatic carbocycles. The van der Waals surface area contributed by atoms with Crippen molar-refractivity contribution in [3.05, 3.63) is 11.9 Å². The average molecular weight is 293 g/mol. The fraction of sp³-hybridized carbons (Fsp3) is 0.733. The summed E-state index contributed by atoms with van der Waals surface area (Å²) in [4.78, 5) is 11.2. The van der Waals surface area contributed by atoms with Crippen LogP contribution in [0.1, 0.15) is 38.7 Å². The van der Waals surface area contributed by atoms with Gasteiger partial charge in [0.15, 0.2) is 0 Å². The van der Waals surface area contributed by atoms with Crippen molar-refractivity contribution in [2.24, 2.45) is 11.8 Å². The highest BCUT2D eigenvalue weighted by molar-refractivity contribution is 5.59. The molecule has 118 valence electrons. The lowest BCUT2D eigenvalue weighted by atomic mass is 10.1. The second-order valence-electron chi connectivity index (χ2n) is 5.68. The minimum absolute atomic E-state index is 0.469. The second kappa shape index (κ2) is 7.56. The first-order chi connectivity index (χ1) is 10.2. The predicted molar refractivity (Wildman–Crippen MR) is 85.2 cm³/mol. The van der Waals surface area contributed by atoms with Crippen LogP contribution in [0.25, 0.3) is 0 Å². The van der Waals surface area contributed by atoms with Crippen LogP contribution in [-0.2, 0) is 11.2 Å². The standard InChI is InChI=1S/C15H27N5O/c1-4-5-13-14(19-16)17-10-18-15(13)20(8-9-21-3)11(2)12-6-7-12/h10-12H,4-9,16H2,1-3H3,(H,17,18,19). The van der Waals surface area contributed by atoms with E-state index in [1.165, 1.54) is 12.8 Å². The quantitative estimate of drug-likeness (QED) is 0.535.